The van der Waals surface area contributed by atoms with Crippen molar-refractivity contribution < 1.29 is 19.1 Å². The van der Waals surface area contributed by atoms with Crippen molar-refractivity contribution in [1.82, 2.24) is 0 Å². The molecule has 0 aliphatic heterocycles. The zero-order chi connectivity index (χ0) is 23.6. The predicted molar refractivity (Wildman–Crippen MR) is 132 cm³/mol. The Labute approximate surface area is 199 Å². The first-order chi connectivity index (χ1) is 16.2. The van der Waals surface area contributed by atoms with Gasteiger partial charge < -0.3 is 9.47 Å². The molecule has 178 valence electrons. The highest BCUT2D eigenvalue weighted by molar-refractivity contribution is 5.69. The van der Waals surface area contributed by atoms with Gasteiger partial charge in [0.15, 0.2) is 0 Å². The summed E-state index contributed by atoms with van der Waals surface area (Å²) < 4.78 is 10.6. The number of allylic oxidation sites excluding steroid dienone is 1. The van der Waals surface area contributed by atoms with E-state index in [1.54, 1.807) is 0 Å². The number of ether oxygens (including phenoxy) is 2. The quantitative estimate of drug-likeness (QED) is 0.146. The maximum absolute atomic E-state index is 11.9. The number of hydrogen-bond acceptors (Lipinski definition) is 4. The van der Waals surface area contributed by atoms with Gasteiger partial charge in [-0.2, -0.15) is 0 Å². The molecule has 0 heterocycles. The number of carbonyl (C=O) groups excluding carboxylic acids is 2. The number of esters is 2. The minimum atomic E-state index is -0.124. The Kier molecular flexibility index (Phi) is 13.4. The molecule has 0 N–H and O–H groups in total. The molecule has 2 aromatic rings. The summed E-state index contributed by atoms with van der Waals surface area (Å²) in [7, 11) is 0. The Morgan fingerprint density at radius 3 is 1.48 bits per heavy atom. The van der Waals surface area contributed by atoms with Crippen molar-refractivity contribution in [3.8, 4) is 0 Å². The van der Waals surface area contributed by atoms with Crippen LogP contribution in [0.5, 0.6) is 0 Å². The minimum Gasteiger partial charge on any atom is -0.461 e. The highest BCUT2D eigenvalue weighted by Gasteiger charge is 2.08. The van der Waals surface area contributed by atoms with Gasteiger partial charge in [0.05, 0.1) is 0 Å². The van der Waals surface area contributed by atoms with Crippen LogP contribution in [0.4, 0.5) is 0 Å². The summed E-state index contributed by atoms with van der Waals surface area (Å²) in [4.78, 5) is 23.7. The Morgan fingerprint density at radius 1 is 0.667 bits per heavy atom. The van der Waals surface area contributed by atoms with Crippen molar-refractivity contribution in [2.24, 2.45) is 5.92 Å². The number of unbranched alkanes of at least 4 members (excludes halogenated alkanes) is 4. The molecule has 0 aromatic heterocycles. The second kappa shape index (κ2) is 16.7. The van der Waals surface area contributed by atoms with E-state index in [2.05, 4.69) is 6.58 Å². The smallest absolute Gasteiger partial charge is 0.306 e. The van der Waals surface area contributed by atoms with Crippen LogP contribution in [0.3, 0.4) is 0 Å². The molecule has 0 spiro atoms. The van der Waals surface area contributed by atoms with Gasteiger partial charge in [0.25, 0.3) is 0 Å². The monoisotopic (exact) mass is 450 g/mol. The lowest BCUT2D eigenvalue weighted by Gasteiger charge is -2.12. The van der Waals surface area contributed by atoms with Crippen LogP contribution >= 0.6 is 0 Å². The van der Waals surface area contributed by atoms with E-state index in [1.165, 1.54) is 0 Å². The molecule has 0 aliphatic rings. The van der Waals surface area contributed by atoms with Gasteiger partial charge in [0, 0.05) is 12.8 Å². The van der Waals surface area contributed by atoms with Crippen molar-refractivity contribution in [2.75, 3.05) is 0 Å². The molecule has 0 bridgehead atoms. The fourth-order valence-corrected chi connectivity index (χ4v) is 3.71. The van der Waals surface area contributed by atoms with E-state index < -0.39 is 0 Å². The third-order valence-corrected chi connectivity index (χ3v) is 5.73. The van der Waals surface area contributed by atoms with Gasteiger partial charge in [-0.3, -0.25) is 9.59 Å². The van der Waals surface area contributed by atoms with Crippen molar-refractivity contribution in [3.63, 3.8) is 0 Å². The van der Waals surface area contributed by atoms with Crippen LogP contribution in [0, 0.1) is 5.92 Å². The third kappa shape index (κ3) is 12.7. The maximum atomic E-state index is 11.9. The van der Waals surface area contributed by atoms with Crippen LogP contribution in [0.1, 0.15) is 75.3 Å². The van der Waals surface area contributed by atoms with Crippen molar-refractivity contribution in [3.05, 3.63) is 84.4 Å². The third-order valence-electron chi connectivity index (χ3n) is 5.73. The lowest BCUT2D eigenvalue weighted by atomic mass is 9.94. The van der Waals surface area contributed by atoms with E-state index in [0.29, 0.717) is 32.0 Å². The van der Waals surface area contributed by atoms with Crippen LogP contribution in [0.15, 0.2) is 73.3 Å². The molecule has 0 saturated carbocycles. The fourth-order valence-electron chi connectivity index (χ4n) is 3.71. The SMILES string of the molecule is C=CC(CCCCCC(=O)OCc1ccccc1)CCCCCC(=O)OCc1ccccc1. The maximum Gasteiger partial charge on any atom is 0.306 e. The summed E-state index contributed by atoms with van der Waals surface area (Å²) in [5.74, 6) is 0.253. The van der Waals surface area contributed by atoms with Gasteiger partial charge in [-0.05, 0) is 42.7 Å². The lowest BCUT2D eigenvalue weighted by Crippen LogP contribution is -2.05. The Balaban J connectivity index is 1.43. The molecule has 2 rings (SSSR count). The lowest BCUT2D eigenvalue weighted by molar-refractivity contribution is -0.146. The van der Waals surface area contributed by atoms with Crippen LogP contribution in [0.2, 0.25) is 0 Å². The first kappa shape index (κ1) is 26.4. The molecule has 0 unspecified atom stereocenters. The van der Waals surface area contributed by atoms with E-state index in [-0.39, 0.29) is 11.9 Å². The van der Waals surface area contributed by atoms with E-state index >= 15 is 0 Å². The standard InChI is InChI=1S/C29H38O4/c1-2-25(15-7-5-13-21-28(30)32-23-26-17-9-3-10-18-26)16-8-6-14-22-29(31)33-24-27-19-11-4-12-20-27/h2-4,9-12,17-20,25H,1,5-8,13-16,21-24H2. The number of hydrogen-bond donors (Lipinski definition) is 0. The molecule has 33 heavy (non-hydrogen) atoms. The highest BCUT2D eigenvalue weighted by atomic mass is 16.5. The fraction of sp³-hybridized carbons (Fsp3) is 0.448. The van der Waals surface area contributed by atoms with Crippen LogP contribution in [-0.2, 0) is 32.3 Å². The van der Waals surface area contributed by atoms with Gasteiger partial charge in [-0.1, -0.05) is 92.4 Å². The average Bonchev–Trinajstić information content (AvgIpc) is 2.85. The normalized spacial score (nSPS) is 10.7. The van der Waals surface area contributed by atoms with E-state index in [1.807, 2.05) is 66.7 Å². The molecular weight excluding hydrogens is 412 g/mol. The topological polar surface area (TPSA) is 52.6 Å². The van der Waals surface area contributed by atoms with E-state index in [4.69, 9.17) is 9.47 Å². The second-order valence-electron chi connectivity index (χ2n) is 8.49. The minimum absolute atomic E-state index is 0.124. The summed E-state index contributed by atoms with van der Waals surface area (Å²) in [6, 6.07) is 19.5. The molecule has 0 saturated heterocycles. The van der Waals surface area contributed by atoms with Crippen LogP contribution in [0.25, 0.3) is 0 Å². The Hall–Kier alpha value is -2.88. The predicted octanol–water partition coefficient (Wildman–Crippen LogP) is 7.18. The molecule has 0 radical (unpaired) electrons. The summed E-state index contributed by atoms with van der Waals surface area (Å²) >= 11 is 0. The first-order valence-electron chi connectivity index (χ1n) is 12.2. The van der Waals surface area contributed by atoms with Gasteiger partial charge in [0.1, 0.15) is 13.2 Å². The molecule has 0 aliphatic carbocycles. The van der Waals surface area contributed by atoms with Crippen molar-refractivity contribution in [1.29, 1.82) is 0 Å². The van der Waals surface area contributed by atoms with Crippen molar-refractivity contribution in [2.45, 2.75) is 77.4 Å². The molecule has 0 atom stereocenters. The molecule has 2 aromatic carbocycles. The Morgan fingerprint density at radius 2 is 1.09 bits per heavy atom. The summed E-state index contributed by atoms with van der Waals surface area (Å²) in [5.41, 5.74) is 2.03. The van der Waals surface area contributed by atoms with Crippen LogP contribution < -0.4 is 0 Å². The zero-order valence-electron chi connectivity index (χ0n) is 19.8. The van der Waals surface area contributed by atoms with E-state index in [9.17, 15) is 9.59 Å². The highest BCUT2D eigenvalue weighted by Crippen LogP contribution is 2.19. The van der Waals surface area contributed by atoms with Crippen LogP contribution in [-0.4, -0.2) is 11.9 Å². The van der Waals surface area contributed by atoms with Crippen molar-refractivity contribution >= 4 is 11.9 Å². The molecular formula is C29H38O4. The van der Waals surface area contributed by atoms with Gasteiger partial charge in [-0.25, -0.2) is 0 Å². The van der Waals surface area contributed by atoms with Gasteiger partial charge in [0.2, 0.25) is 0 Å². The molecule has 0 fully saturated rings. The van der Waals surface area contributed by atoms with Gasteiger partial charge >= 0.3 is 11.9 Å². The molecule has 4 nitrogen and oxygen atoms in total. The zero-order valence-corrected chi connectivity index (χ0v) is 19.8. The number of carbonyl (C=O) groups is 2. The largest absolute Gasteiger partial charge is 0.461 e. The number of rotatable bonds is 17. The summed E-state index contributed by atoms with van der Waals surface area (Å²) in [6.45, 7) is 4.67. The summed E-state index contributed by atoms with van der Waals surface area (Å²) in [5, 5.41) is 0. The summed E-state index contributed by atoms with van der Waals surface area (Å²) in [6.07, 6.45) is 11.2. The number of benzene rings is 2. The average molecular weight is 451 g/mol. The second-order valence-corrected chi connectivity index (χ2v) is 8.49. The van der Waals surface area contributed by atoms with E-state index in [0.717, 1.165) is 62.5 Å². The molecule has 0 amide bonds. The first-order valence-corrected chi connectivity index (χ1v) is 12.2. The van der Waals surface area contributed by atoms with Gasteiger partial charge in [-0.15, -0.1) is 6.58 Å². The molecule has 4 heteroatoms. The Bertz CT molecular complexity index is 735.